The molecule has 7 fully saturated rings. The lowest BCUT2D eigenvalue weighted by Gasteiger charge is -2.68. The van der Waals surface area contributed by atoms with Crippen molar-refractivity contribution in [2.75, 3.05) is 18.8 Å². The van der Waals surface area contributed by atoms with Crippen LogP contribution in [0.25, 0.3) is 0 Å². The van der Waals surface area contributed by atoms with Gasteiger partial charge in [-0.05, 0) is 151 Å². The number of aliphatic hydroxyl groups is 4. The normalized spacial score (nSPS) is 32.5. The van der Waals surface area contributed by atoms with Gasteiger partial charge in [0.1, 0.15) is 35.1 Å². The fraction of sp³-hybridized carbons (Fsp3) is 0.564. The SMILES string of the molecule is CC(=O)O[C@H]1C(=O)[C@@]2(C)[C@H]([C@H](OC(=O)c3ccccc3)[C@]34OC(=O)O[C@H]3[C@H](OC(=O)[C@H](O)[C@H](CC(C)C)NC(=O)OC(C)(C)C)C(C)=C1C4(C)C)[C@]1(OC(C)=O)CC[C@@H]1C[C@@H]2O.CSCO[C@H]1C[C@H]2OC[C@@]2(OC(C)=O)[C@H]2[C@H](OC(=O)c3ccccc3)[C@]3(O)C[C@H](OC(=O)[C@H](O)[C@@H](NC(=O)c4ccccc4)c4ccccc4)C(C)=C([C@@H](OC(C)=O)C(=O)[C@]12C)C3(C)C. The fourth-order valence-electron chi connectivity index (χ4n) is 21.5. The molecular weight excluding hydrogens is 1670 g/mol. The maximum atomic E-state index is 15.9. The van der Waals surface area contributed by atoms with Gasteiger partial charge < -0.3 is 92.6 Å². The Kier molecular flexibility index (Phi) is 27.3. The standard InChI is InChI=1S/C49H55NO14S.C45H59NO16/c1-27-33(62-45(57)38(53)37(30-17-11-8-12-18-30)50-43(55)31-19-13-9-14-20-31)24-49(58)42(63-44(56)32-21-15-10-16-22-32)40-47(6,41(54)39(61-28(2)51)36(27)46(49,4)5)34(60-26-65-7)23-35-48(40,25-59-35)64-29(3)52;1-21(2)19-27(46-39(54)61-41(6,7)8)30(50)38(53)57-31-22(3)29-32(56-23(4)47)34(51)43(11)28(49)20-26-17-18-44(26,60-24(5)48)33(43)36(58-37(52)25-15-13-12-14-16-25)45(42(29,9)10)35(31)59-40(55)62-45/h8-22,33-35,37-40,42,53,58H,23-26H2,1-7H3,(H,50,55);12-16,21,26-28,30-33,35-36,49-50H,17-20H2,1-11H3,(H,46,54)/t33-,34-,35+,37-,38+,39+,40-,42-,47+,48-,49+;26-,27+,28+,30-,31-,32-,33+,35+,36+,43-,44+,45-/m01/s1. The van der Waals surface area contributed by atoms with Gasteiger partial charge in [0.25, 0.3) is 5.91 Å². The molecular formula is C94H114N2O30S. The highest BCUT2D eigenvalue weighted by molar-refractivity contribution is 7.98. The second kappa shape index (κ2) is 36.3. The summed E-state index contributed by atoms with van der Waals surface area (Å²) in [4.78, 5) is 182. The van der Waals surface area contributed by atoms with Gasteiger partial charge in [0.05, 0.1) is 70.6 Å². The molecule has 686 valence electrons. The molecule has 33 heteroatoms. The van der Waals surface area contributed by atoms with Gasteiger partial charge in [0, 0.05) is 62.8 Å². The minimum atomic E-state index is -2.34. The monoisotopic (exact) mass is 1780 g/mol. The van der Waals surface area contributed by atoms with Crippen LogP contribution in [0.4, 0.5) is 9.59 Å². The average molecular weight is 1780 g/mol. The third-order valence-corrected chi connectivity index (χ3v) is 27.7. The van der Waals surface area contributed by atoms with E-state index in [1.54, 1.807) is 179 Å². The molecule has 0 unspecified atom stereocenters. The lowest BCUT2D eigenvalue weighted by molar-refractivity contribution is -0.347. The van der Waals surface area contributed by atoms with E-state index in [1.165, 1.54) is 63.7 Å². The zero-order chi connectivity index (χ0) is 93.1. The van der Waals surface area contributed by atoms with Crippen molar-refractivity contribution in [3.05, 3.63) is 166 Å². The molecule has 32 nitrogen and oxygen atoms in total. The highest BCUT2D eigenvalue weighted by atomic mass is 32.2. The summed E-state index contributed by atoms with van der Waals surface area (Å²) >= 11 is 1.34. The Morgan fingerprint density at radius 2 is 1.10 bits per heavy atom. The number of rotatable bonds is 23. The van der Waals surface area contributed by atoms with E-state index >= 15 is 9.59 Å². The number of Topliss-reactive ketones (excluding diaryl/α,β-unsaturated/α-hetero) is 2. The summed E-state index contributed by atoms with van der Waals surface area (Å²) in [5, 5.41) is 54.9. The van der Waals surface area contributed by atoms with Crippen molar-refractivity contribution >= 4 is 89.2 Å². The third kappa shape index (κ3) is 17.2. The van der Waals surface area contributed by atoms with E-state index in [2.05, 4.69) is 10.6 Å². The van der Waals surface area contributed by atoms with Gasteiger partial charge in [0.2, 0.25) is 5.60 Å². The number of alkyl carbamates (subject to hydrolysis) is 1. The maximum absolute atomic E-state index is 15.9. The molecule has 1 spiro atoms. The number of benzene rings is 4. The molecule has 2 heterocycles. The first-order valence-electron chi connectivity index (χ1n) is 42.5. The van der Waals surface area contributed by atoms with E-state index in [1.807, 2.05) is 0 Å². The first kappa shape index (κ1) is 95.7. The molecule has 4 aromatic rings. The Morgan fingerprint density at radius 3 is 1.60 bits per heavy atom. The molecule has 0 radical (unpaired) electrons. The number of hydrogen-bond acceptors (Lipinski definition) is 31. The molecule has 127 heavy (non-hydrogen) atoms. The third-order valence-electron chi connectivity index (χ3n) is 27.4. The fourth-order valence-corrected chi connectivity index (χ4v) is 21.8. The zero-order valence-corrected chi connectivity index (χ0v) is 75.2. The van der Waals surface area contributed by atoms with Crippen molar-refractivity contribution in [1.29, 1.82) is 0 Å². The Morgan fingerprint density at radius 1 is 0.598 bits per heavy atom. The summed E-state index contributed by atoms with van der Waals surface area (Å²) in [7, 11) is 0. The van der Waals surface area contributed by atoms with Crippen LogP contribution in [0.2, 0.25) is 0 Å². The molecule has 7 aliphatic carbocycles. The number of carbonyl (C=O) groups excluding carboxylic acids is 13. The second-order valence-electron chi connectivity index (χ2n) is 37.3. The van der Waals surface area contributed by atoms with E-state index < -0.39 is 237 Å². The zero-order valence-electron chi connectivity index (χ0n) is 74.4. The molecule has 13 rings (SSSR count). The Bertz CT molecular complexity index is 4990. The van der Waals surface area contributed by atoms with E-state index in [0.29, 0.717) is 12.0 Å². The lowest BCUT2D eigenvalue weighted by atomic mass is 9.40. The maximum Gasteiger partial charge on any atom is 0.509 e. The molecule has 6 N–H and O–H groups in total. The predicted octanol–water partition coefficient (Wildman–Crippen LogP) is 9.75. The van der Waals surface area contributed by atoms with Crippen molar-refractivity contribution in [1.82, 2.24) is 10.6 Å². The van der Waals surface area contributed by atoms with Crippen molar-refractivity contribution in [3.8, 4) is 0 Å². The highest BCUT2D eigenvalue weighted by Gasteiger charge is 2.84. The Balaban J connectivity index is 0.000000231. The van der Waals surface area contributed by atoms with Crippen LogP contribution in [0.3, 0.4) is 0 Å². The van der Waals surface area contributed by atoms with Gasteiger partial charge in [-0.2, -0.15) is 0 Å². The van der Waals surface area contributed by atoms with Crippen molar-refractivity contribution < 1.29 is 144 Å². The highest BCUT2D eigenvalue weighted by Crippen LogP contribution is 2.70. The Labute approximate surface area is 740 Å². The molecule has 2 amide bonds. The van der Waals surface area contributed by atoms with E-state index in [-0.39, 0.29) is 83.1 Å². The lowest BCUT2D eigenvalue weighted by Crippen LogP contribution is -2.82. The van der Waals surface area contributed by atoms with Crippen molar-refractivity contribution in [2.24, 2.45) is 45.3 Å². The van der Waals surface area contributed by atoms with Gasteiger partial charge in [-0.15, -0.1) is 11.8 Å². The number of amides is 2. The summed E-state index contributed by atoms with van der Waals surface area (Å²) in [5.41, 5.74) is -15.0. The van der Waals surface area contributed by atoms with Crippen molar-refractivity contribution in [2.45, 2.75) is 270 Å². The molecule has 23 atom stereocenters. The minimum Gasteiger partial charge on any atom is -0.458 e. The average Bonchev–Trinajstić information content (AvgIpc) is 1.65. The number of hydrogen-bond donors (Lipinski definition) is 6. The molecule has 2 aliphatic heterocycles. The van der Waals surface area contributed by atoms with Crippen LogP contribution < -0.4 is 10.6 Å². The van der Waals surface area contributed by atoms with Crippen molar-refractivity contribution in [3.63, 3.8) is 0 Å². The van der Waals surface area contributed by atoms with Crippen LogP contribution in [0.1, 0.15) is 199 Å². The largest absolute Gasteiger partial charge is 0.509 e. The van der Waals surface area contributed by atoms with Crippen LogP contribution in [-0.2, 0) is 99.9 Å². The molecule has 2 saturated heterocycles. The number of aliphatic hydroxyl groups excluding tert-OH is 3. The molecule has 4 bridgehead atoms. The number of fused-ring (bicyclic) bond motifs is 9. The molecule has 9 aliphatic rings. The minimum absolute atomic E-state index is 0.0185. The quantitative estimate of drug-likeness (QED) is 0.0174. The molecule has 4 aromatic carbocycles. The van der Waals surface area contributed by atoms with E-state index in [4.69, 9.17) is 61.6 Å². The number of thioether (sulfide) groups is 1. The number of carbonyl (C=O) groups is 13. The summed E-state index contributed by atoms with van der Waals surface area (Å²) in [5.74, 6) is -13.2. The van der Waals surface area contributed by atoms with Gasteiger partial charge in [0.15, 0.2) is 59.9 Å². The Hall–Kier alpha value is -10.4. The number of nitrogens with one attached hydrogen (secondary N) is 2. The first-order chi connectivity index (χ1) is 59.5. The summed E-state index contributed by atoms with van der Waals surface area (Å²) in [6, 6.07) is 29.8. The van der Waals surface area contributed by atoms with E-state index in [9.17, 15) is 73.2 Å². The smallest absolute Gasteiger partial charge is 0.458 e. The van der Waals surface area contributed by atoms with Crippen LogP contribution in [0, 0.1) is 45.3 Å². The summed E-state index contributed by atoms with van der Waals surface area (Å²) in [6.45, 7) is 25.3. The number of ketones is 2. The predicted molar refractivity (Wildman–Crippen MR) is 450 cm³/mol. The van der Waals surface area contributed by atoms with Gasteiger partial charge >= 0.3 is 60.0 Å². The van der Waals surface area contributed by atoms with Gasteiger partial charge in [-0.3, -0.25) is 33.6 Å². The van der Waals surface area contributed by atoms with Gasteiger partial charge in [-0.25, -0.2) is 28.8 Å². The second-order valence-corrected chi connectivity index (χ2v) is 38.1. The molecule has 0 aromatic heterocycles. The van der Waals surface area contributed by atoms with Crippen LogP contribution >= 0.6 is 11.8 Å². The topological polar surface area (TPSA) is 447 Å². The van der Waals surface area contributed by atoms with E-state index in [0.717, 1.165) is 13.8 Å². The number of ether oxygens (including phenoxy) is 13. The van der Waals surface area contributed by atoms with Crippen LogP contribution in [0.5, 0.6) is 0 Å². The van der Waals surface area contributed by atoms with Crippen LogP contribution in [-0.4, -0.2) is 224 Å². The van der Waals surface area contributed by atoms with Crippen LogP contribution in [0.15, 0.2) is 144 Å². The first-order valence-corrected chi connectivity index (χ1v) is 43.9. The number of esters is 8. The van der Waals surface area contributed by atoms with Gasteiger partial charge in [-0.1, -0.05) is 126 Å². The summed E-state index contributed by atoms with van der Waals surface area (Å²) < 4.78 is 80.0. The molecule has 5 saturated carbocycles. The summed E-state index contributed by atoms with van der Waals surface area (Å²) in [6.07, 6.45) is -19.8.